The Morgan fingerprint density at radius 2 is 1.72 bits per heavy atom. The molecule has 0 atom stereocenters. The summed E-state index contributed by atoms with van der Waals surface area (Å²) in [4.78, 5) is 28.4. The largest absolute Gasteiger partial charge is 0.477 e. The highest BCUT2D eigenvalue weighted by atomic mass is 32.2. The van der Waals surface area contributed by atoms with Crippen LogP contribution in [0.2, 0.25) is 0 Å². The van der Waals surface area contributed by atoms with E-state index in [4.69, 9.17) is 4.74 Å². The van der Waals surface area contributed by atoms with Crippen LogP contribution in [0.3, 0.4) is 0 Å². The quantitative estimate of drug-likeness (QED) is 0.655. The van der Waals surface area contributed by atoms with Crippen molar-refractivity contribution in [3.05, 3.63) is 53.7 Å². The molecule has 0 unspecified atom stereocenters. The minimum Gasteiger partial charge on any atom is -0.477 e. The molecule has 2 aromatic rings. The normalized spacial score (nSPS) is 11.4. The van der Waals surface area contributed by atoms with Gasteiger partial charge in [0, 0.05) is 31.9 Å². The summed E-state index contributed by atoms with van der Waals surface area (Å²) < 4.78 is 30.9. The molecule has 0 aliphatic carbocycles. The third-order valence-electron chi connectivity index (χ3n) is 3.73. The van der Waals surface area contributed by atoms with Crippen LogP contribution < -0.4 is 15.6 Å². The molecule has 29 heavy (non-hydrogen) atoms. The molecular formula is C19H24N4O5S. The van der Waals surface area contributed by atoms with E-state index in [9.17, 15) is 18.0 Å². The number of nitrogens with zero attached hydrogens (tertiary/aromatic N) is 2. The van der Waals surface area contributed by atoms with Crippen molar-refractivity contribution in [1.29, 1.82) is 0 Å². The Kier molecular flexibility index (Phi) is 7.29. The van der Waals surface area contributed by atoms with Gasteiger partial charge in [-0.2, -0.15) is 0 Å². The van der Waals surface area contributed by atoms with Crippen LogP contribution in [0.15, 0.2) is 47.5 Å². The lowest BCUT2D eigenvalue weighted by atomic mass is 10.2. The van der Waals surface area contributed by atoms with E-state index in [1.165, 1.54) is 50.6 Å². The lowest BCUT2D eigenvalue weighted by Crippen LogP contribution is -2.41. The second-order valence-corrected chi connectivity index (χ2v) is 8.97. The predicted octanol–water partition coefficient (Wildman–Crippen LogP) is 1.44. The first-order valence-corrected chi connectivity index (χ1v) is 10.3. The fourth-order valence-corrected chi connectivity index (χ4v) is 3.07. The monoisotopic (exact) mass is 420 g/mol. The highest BCUT2D eigenvalue weighted by molar-refractivity contribution is 7.89. The molecule has 10 heteroatoms. The third kappa shape index (κ3) is 6.00. The summed E-state index contributed by atoms with van der Waals surface area (Å²) in [6.45, 7) is 4.53. The summed E-state index contributed by atoms with van der Waals surface area (Å²) in [5, 5.41) is 0. The molecule has 156 valence electrons. The number of carbonyl (C=O) groups excluding carboxylic acids is 2. The van der Waals surface area contributed by atoms with E-state index in [1.807, 2.05) is 13.8 Å². The number of sulfonamides is 1. The molecule has 0 saturated heterocycles. The highest BCUT2D eigenvalue weighted by Crippen LogP contribution is 2.15. The van der Waals surface area contributed by atoms with Gasteiger partial charge in [-0.3, -0.25) is 20.4 Å². The second-order valence-electron chi connectivity index (χ2n) is 6.81. The Morgan fingerprint density at radius 3 is 2.28 bits per heavy atom. The van der Waals surface area contributed by atoms with Crippen molar-refractivity contribution in [3.63, 3.8) is 0 Å². The van der Waals surface area contributed by atoms with Gasteiger partial charge in [0.15, 0.2) is 0 Å². The van der Waals surface area contributed by atoms with Crippen LogP contribution in [-0.2, 0) is 10.0 Å². The molecule has 1 aromatic heterocycles. The van der Waals surface area contributed by atoms with Gasteiger partial charge in [0.1, 0.15) is 0 Å². The van der Waals surface area contributed by atoms with E-state index < -0.39 is 21.8 Å². The minimum absolute atomic E-state index is 0.0253. The molecular weight excluding hydrogens is 396 g/mol. The Labute approximate surface area is 170 Å². The van der Waals surface area contributed by atoms with Crippen LogP contribution in [-0.4, -0.2) is 50.2 Å². The molecule has 1 aromatic carbocycles. The van der Waals surface area contributed by atoms with Crippen molar-refractivity contribution in [2.24, 2.45) is 5.92 Å². The predicted molar refractivity (Wildman–Crippen MR) is 107 cm³/mol. The van der Waals surface area contributed by atoms with Crippen molar-refractivity contribution in [2.75, 3.05) is 20.7 Å². The average Bonchev–Trinajstić information content (AvgIpc) is 2.70. The van der Waals surface area contributed by atoms with Gasteiger partial charge in [-0.05, 0) is 30.2 Å². The number of nitrogens with one attached hydrogen (secondary N) is 2. The summed E-state index contributed by atoms with van der Waals surface area (Å²) >= 11 is 0. The molecule has 0 saturated carbocycles. The Bertz CT molecular complexity index is 972. The minimum atomic E-state index is -3.68. The molecule has 0 radical (unpaired) electrons. The number of hydrogen-bond donors (Lipinski definition) is 2. The zero-order valence-electron chi connectivity index (χ0n) is 16.7. The summed E-state index contributed by atoms with van der Waals surface area (Å²) in [5.41, 5.74) is 4.84. The van der Waals surface area contributed by atoms with Gasteiger partial charge < -0.3 is 4.74 Å². The van der Waals surface area contributed by atoms with Crippen molar-refractivity contribution in [3.8, 4) is 5.88 Å². The molecule has 2 amide bonds. The van der Waals surface area contributed by atoms with E-state index in [1.54, 1.807) is 6.07 Å². The zero-order valence-corrected chi connectivity index (χ0v) is 17.5. The van der Waals surface area contributed by atoms with Gasteiger partial charge in [0.2, 0.25) is 15.9 Å². The number of hydrazine groups is 1. The lowest BCUT2D eigenvalue weighted by Gasteiger charge is -2.12. The zero-order chi connectivity index (χ0) is 21.6. The standard InChI is InChI=1S/C19H24N4O5S/c1-13(2)12-28-17-9-8-15(11-20-17)19(25)22-21-18(24)14-6-5-7-16(10-14)29(26,27)23(3)4/h5-11,13H,12H2,1-4H3,(H,21,24)(H,22,25). The van der Waals surface area contributed by atoms with Crippen LogP contribution in [0.5, 0.6) is 5.88 Å². The van der Waals surface area contributed by atoms with Crippen LogP contribution in [0.25, 0.3) is 0 Å². The summed E-state index contributed by atoms with van der Waals surface area (Å²) in [7, 11) is -0.879. The SMILES string of the molecule is CC(C)COc1ccc(C(=O)NNC(=O)c2cccc(S(=O)(=O)N(C)C)c2)cn1. The van der Waals surface area contributed by atoms with Crippen LogP contribution in [0.1, 0.15) is 34.6 Å². The molecule has 2 N–H and O–H groups in total. The number of benzene rings is 1. The van der Waals surface area contributed by atoms with Crippen molar-refractivity contribution in [2.45, 2.75) is 18.7 Å². The number of hydrogen-bond acceptors (Lipinski definition) is 6. The van der Waals surface area contributed by atoms with Gasteiger partial charge in [-0.15, -0.1) is 0 Å². The summed E-state index contributed by atoms with van der Waals surface area (Å²) in [6, 6.07) is 8.60. The molecule has 2 rings (SSSR count). The van der Waals surface area contributed by atoms with Gasteiger partial charge in [0.05, 0.1) is 17.1 Å². The topological polar surface area (TPSA) is 118 Å². The van der Waals surface area contributed by atoms with Crippen molar-refractivity contribution in [1.82, 2.24) is 20.1 Å². The molecule has 0 fully saturated rings. The van der Waals surface area contributed by atoms with E-state index in [2.05, 4.69) is 15.8 Å². The van der Waals surface area contributed by atoms with E-state index in [0.29, 0.717) is 18.4 Å². The van der Waals surface area contributed by atoms with Gasteiger partial charge in [-0.25, -0.2) is 17.7 Å². The average molecular weight is 420 g/mol. The summed E-state index contributed by atoms with van der Waals surface area (Å²) in [6.07, 6.45) is 1.33. The number of rotatable bonds is 7. The number of amides is 2. The molecule has 0 aliphatic rings. The van der Waals surface area contributed by atoms with Crippen LogP contribution in [0, 0.1) is 5.92 Å². The fourth-order valence-electron chi connectivity index (χ4n) is 2.12. The smallest absolute Gasteiger partial charge is 0.271 e. The first kappa shape index (κ1) is 22.3. The first-order chi connectivity index (χ1) is 13.6. The Hall–Kier alpha value is -2.98. The van der Waals surface area contributed by atoms with Crippen LogP contribution >= 0.6 is 0 Å². The Morgan fingerprint density at radius 1 is 1.07 bits per heavy atom. The van der Waals surface area contributed by atoms with Gasteiger partial charge >= 0.3 is 0 Å². The Balaban J connectivity index is 1.99. The number of aromatic nitrogens is 1. The number of ether oxygens (including phenoxy) is 1. The molecule has 0 aliphatic heterocycles. The third-order valence-corrected chi connectivity index (χ3v) is 5.54. The fraction of sp³-hybridized carbons (Fsp3) is 0.316. The van der Waals surface area contributed by atoms with Crippen LogP contribution in [0.4, 0.5) is 0 Å². The molecule has 0 bridgehead atoms. The maximum Gasteiger partial charge on any atom is 0.271 e. The summed E-state index contributed by atoms with van der Waals surface area (Å²) in [5.74, 6) is -0.475. The van der Waals surface area contributed by atoms with Crippen molar-refractivity contribution >= 4 is 21.8 Å². The first-order valence-electron chi connectivity index (χ1n) is 8.83. The highest BCUT2D eigenvalue weighted by Gasteiger charge is 2.19. The number of carbonyl (C=O) groups is 2. The van der Waals surface area contributed by atoms with E-state index >= 15 is 0 Å². The number of pyridine rings is 1. The lowest BCUT2D eigenvalue weighted by molar-refractivity contribution is 0.0846. The van der Waals surface area contributed by atoms with Gasteiger partial charge in [0.25, 0.3) is 11.8 Å². The van der Waals surface area contributed by atoms with E-state index in [0.717, 1.165) is 4.31 Å². The molecule has 1 heterocycles. The van der Waals surface area contributed by atoms with E-state index in [-0.39, 0.29) is 16.0 Å². The van der Waals surface area contributed by atoms with Crippen molar-refractivity contribution < 1.29 is 22.7 Å². The maximum atomic E-state index is 12.3. The molecule has 0 spiro atoms. The second kappa shape index (κ2) is 9.48. The van der Waals surface area contributed by atoms with Gasteiger partial charge in [-0.1, -0.05) is 19.9 Å². The maximum absolute atomic E-state index is 12.3. The molecule has 9 nitrogen and oxygen atoms in total.